The molecule has 1 aromatic carbocycles. The first kappa shape index (κ1) is 15.6. The van der Waals surface area contributed by atoms with Gasteiger partial charge in [0, 0.05) is 6.04 Å². The van der Waals surface area contributed by atoms with E-state index in [2.05, 4.69) is 46.9 Å². The molecule has 1 saturated carbocycles. The van der Waals surface area contributed by atoms with Gasteiger partial charge in [0.1, 0.15) is 0 Å². The van der Waals surface area contributed by atoms with Crippen molar-refractivity contribution in [1.29, 1.82) is 0 Å². The molecule has 1 aliphatic carbocycles. The van der Waals surface area contributed by atoms with Crippen molar-refractivity contribution in [2.24, 2.45) is 5.92 Å². The molecule has 1 aliphatic rings. The van der Waals surface area contributed by atoms with Gasteiger partial charge < -0.3 is 5.32 Å². The fraction of sp³-hybridized carbons (Fsp3) is 0.684. The normalized spacial score (nSPS) is 17.1. The second kappa shape index (κ2) is 6.30. The zero-order valence-electron chi connectivity index (χ0n) is 14.2. The van der Waals surface area contributed by atoms with Crippen LogP contribution >= 0.6 is 0 Å². The van der Waals surface area contributed by atoms with E-state index in [9.17, 15) is 0 Å². The standard InChI is InChI=1S/C19H31N/c1-7-11-20-19(17-9-8-10-17)18-15(5)13(3)12(2)14(4)16(18)6/h17,19-20H,7-11H2,1-6H3. The highest BCUT2D eigenvalue weighted by atomic mass is 14.9. The van der Waals surface area contributed by atoms with Gasteiger partial charge in [-0.2, -0.15) is 0 Å². The van der Waals surface area contributed by atoms with Gasteiger partial charge in [-0.05, 0) is 99.7 Å². The molecule has 1 atom stereocenters. The first-order valence-electron chi connectivity index (χ1n) is 8.29. The average Bonchev–Trinajstić information content (AvgIpc) is 2.38. The molecule has 0 radical (unpaired) electrons. The molecule has 0 saturated heterocycles. The van der Waals surface area contributed by atoms with Crippen LogP contribution in [0.5, 0.6) is 0 Å². The molecule has 2 rings (SSSR count). The molecule has 0 aliphatic heterocycles. The van der Waals surface area contributed by atoms with Gasteiger partial charge in [-0.25, -0.2) is 0 Å². The summed E-state index contributed by atoms with van der Waals surface area (Å²) in [5, 5.41) is 3.84. The lowest BCUT2D eigenvalue weighted by atomic mass is 9.73. The Morgan fingerprint density at radius 3 is 1.80 bits per heavy atom. The van der Waals surface area contributed by atoms with Crippen LogP contribution in [0.15, 0.2) is 0 Å². The lowest BCUT2D eigenvalue weighted by Crippen LogP contribution is -2.34. The van der Waals surface area contributed by atoms with Crippen LogP contribution < -0.4 is 5.32 Å². The lowest BCUT2D eigenvalue weighted by Gasteiger charge is -2.37. The summed E-state index contributed by atoms with van der Waals surface area (Å²) in [6.45, 7) is 14.9. The highest BCUT2D eigenvalue weighted by Gasteiger charge is 2.31. The number of hydrogen-bond acceptors (Lipinski definition) is 1. The fourth-order valence-electron chi connectivity index (χ4n) is 3.57. The molecule has 112 valence electrons. The summed E-state index contributed by atoms with van der Waals surface area (Å²) in [5.41, 5.74) is 9.10. The van der Waals surface area contributed by atoms with Gasteiger partial charge in [0.15, 0.2) is 0 Å². The average molecular weight is 273 g/mol. The zero-order chi connectivity index (χ0) is 14.9. The first-order chi connectivity index (χ1) is 9.49. The van der Waals surface area contributed by atoms with Gasteiger partial charge >= 0.3 is 0 Å². The van der Waals surface area contributed by atoms with E-state index >= 15 is 0 Å². The van der Waals surface area contributed by atoms with Gasteiger partial charge in [0.25, 0.3) is 0 Å². The monoisotopic (exact) mass is 273 g/mol. The van der Waals surface area contributed by atoms with Gasteiger partial charge in [0.2, 0.25) is 0 Å². The van der Waals surface area contributed by atoms with E-state index in [4.69, 9.17) is 0 Å². The fourth-order valence-corrected chi connectivity index (χ4v) is 3.57. The van der Waals surface area contributed by atoms with E-state index in [0.29, 0.717) is 6.04 Å². The molecule has 0 heterocycles. The molecule has 0 bridgehead atoms. The van der Waals surface area contributed by atoms with Crippen molar-refractivity contribution in [1.82, 2.24) is 5.32 Å². The van der Waals surface area contributed by atoms with Gasteiger partial charge in [0.05, 0.1) is 0 Å². The third kappa shape index (κ3) is 2.65. The van der Waals surface area contributed by atoms with Crippen LogP contribution in [0.4, 0.5) is 0 Å². The van der Waals surface area contributed by atoms with Crippen molar-refractivity contribution in [3.63, 3.8) is 0 Å². The summed E-state index contributed by atoms with van der Waals surface area (Å²) >= 11 is 0. The van der Waals surface area contributed by atoms with E-state index in [0.717, 1.165) is 12.5 Å². The van der Waals surface area contributed by atoms with Crippen LogP contribution in [-0.2, 0) is 0 Å². The molecule has 1 nitrogen and oxygen atoms in total. The van der Waals surface area contributed by atoms with Crippen LogP contribution in [0.1, 0.15) is 72.0 Å². The Kier molecular flexibility index (Phi) is 4.90. The summed E-state index contributed by atoms with van der Waals surface area (Å²) in [6.07, 6.45) is 5.42. The van der Waals surface area contributed by atoms with Gasteiger partial charge in [-0.1, -0.05) is 13.3 Å². The number of benzene rings is 1. The van der Waals surface area contributed by atoms with E-state index in [1.54, 1.807) is 5.56 Å². The van der Waals surface area contributed by atoms with E-state index in [1.165, 1.54) is 53.5 Å². The van der Waals surface area contributed by atoms with Crippen LogP contribution in [0.2, 0.25) is 0 Å². The zero-order valence-corrected chi connectivity index (χ0v) is 14.2. The molecule has 0 aromatic heterocycles. The Balaban J connectivity index is 2.46. The maximum Gasteiger partial charge on any atom is 0.0354 e. The van der Waals surface area contributed by atoms with Crippen LogP contribution in [0, 0.1) is 40.5 Å². The van der Waals surface area contributed by atoms with Crippen molar-refractivity contribution in [2.45, 2.75) is 73.3 Å². The first-order valence-corrected chi connectivity index (χ1v) is 8.29. The summed E-state index contributed by atoms with van der Waals surface area (Å²) in [6, 6.07) is 0.571. The second-order valence-corrected chi connectivity index (χ2v) is 6.66. The van der Waals surface area contributed by atoms with Crippen molar-refractivity contribution < 1.29 is 0 Å². The minimum Gasteiger partial charge on any atom is -0.310 e. The van der Waals surface area contributed by atoms with Crippen LogP contribution in [0.3, 0.4) is 0 Å². The van der Waals surface area contributed by atoms with Crippen LogP contribution in [-0.4, -0.2) is 6.54 Å². The number of nitrogens with one attached hydrogen (secondary N) is 1. The second-order valence-electron chi connectivity index (χ2n) is 6.66. The smallest absolute Gasteiger partial charge is 0.0354 e. The van der Waals surface area contributed by atoms with E-state index < -0.39 is 0 Å². The van der Waals surface area contributed by atoms with E-state index in [1.807, 2.05) is 0 Å². The number of hydrogen-bond donors (Lipinski definition) is 1. The Labute approximate surface area is 125 Å². The minimum atomic E-state index is 0.571. The molecular formula is C19H31N. The Hall–Kier alpha value is -0.820. The van der Waals surface area contributed by atoms with E-state index in [-0.39, 0.29) is 0 Å². The molecule has 1 fully saturated rings. The molecule has 0 amide bonds. The summed E-state index contributed by atoms with van der Waals surface area (Å²) < 4.78 is 0. The predicted molar refractivity (Wildman–Crippen MR) is 88.5 cm³/mol. The molecular weight excluding hydrogens is 242 g/mol. The van der Waals surface area contributed by atoms with Gasteiger partial charge in [-0.3, -0.25) is 0 Å². The third-order valence-electron chi connectivity index (χ3n) is 5.60. The lowest BCUT2D eigenvalue weighted by molar-refractivity contribution is 0.230. The summed E-state index contributed by atoms with van der Waals surface area (Å²) in [7, 11) is 0. The highest BCUT2D eigenvalue weighted by Crippen LogP contribution is 2.41. The van der Waals surface area contributed by atoms with Crippen molar-refractivity contribution >= 4 is 0 Å². The maximum absolute atomic E-state index is 3.84. The summed E-state index contributed by atoms with van der Waals surface area (Å²) in [4.78, 5) is 0. The Bertz CT molecular complexity index is 454. The maximum atomic E-state index is 3.84. The Morgan fingerprint density at radius 2 is 1.40 bits per heavy atom. The molecule has 1 N–H and O–H groups in total. The summed E-state index contributed by atoms with van der Waals surface area (Å²) in [5.74, 6) is 0.848. The van der Waals surface area contributed by atoms with Gasteiger partial charge in [-0.15, -0.1) is 0 Å². The molecule has 1 aromatic rings. The van der Waals surface area contributed by atoms with Crippen molar-refractivity contribution in [2.75, 3.05) is 6.54 Å². The minimum absolute atomic E-state index is 0.571. The molecule has 0 spiro atoms. The molecule has 1 unspecified atom stereocenters. The van der Waals surface area contributed by atoms with Crippen molar-refractivity contribution in [3.05, 3.63) is 33.4 Å². The molecule has 20 heavy (non-hydrogen) atoms. The quantitative estimate of drug-likeness (QED) is 0.790. The van der Waals surface area contributed by atoms with Crippen LogP contribution in [0.25, 0.3) is 0 Å². The third-order valence-corrected chi connectivity index (χ3v) is 5.60. The SMILES string of the molecule is CCCNC(c1c(C)c(C)c(C)c(C)c1C)C1CCC1. The topological polar surface area (TPSA) is 12.0 Å². The highest BCUT2D eigenvalue weighted by molar-refractivity contribution is 5.51. The predicted octanol–water partition coefficient (Wildman–Crippen LogP) is 5.07. The Morgan fingerprint density at radius 1 is 0.900 bits per heavy atom. The number of rotatable bonds is 5. The van der Waals surface area contributed by atoms with Crippen molar-refractivity contribution in [3.8, 4) is 0 Å². The largest absolute Gasteiger partial charge is 0.310 e. The molecule has 1 heteroatoms.